The van der Waals surface area contributed by atoms with E-state index in [1.54, 1.807) is 4.57 Å². The van der Waals surface area contributed by atoms with Crippen molar-refractivity contribution in [2.45, 2.75) is 6.54 Å². The standard InChI is InChI=1S/C21H15N3O3/c25-19-17(21(26)27)13-24(20-18(19)22-10-11-23-20)12-15-8-4-5-9-16(15)14-6-2-1-3-7-14/h1-11,13H,12H2,(H,26,27). The van der Waals surface area contributed by atoms with E-state index in [1.165, 1.54) is 18.6 Å². The summed E-state index contributed by atoms with van der Waals surface area (Å²) in [5, 5.41) is 9.39. The fourth-order valence-corrected chi connectivity index (χ4v) is 3.12. The minimum absolute atomic E-state index is 0.0505. The molecule has 0 aliphatic heterocycles. The van der Waals surface area contributed by atoms with Crippen molar-refractivity contribution in [2.24, 2.45) is 0 Å². The Hall–Kier alpha value is -3.80. The van der Waals surface area contributed by atoms with Crippen molar-refractivity contribution in [3.05, 3.63) is 94.5 Å². The van der Waals surface area contributed by atoms with Crippen molar-refractivity contribution in [3.8, 4) is 11.1 Å². The number of pyridine rings is 1. The minimum Gasteiger partial charge on any atom is -0.477 e. The highest BCUT2D eigenvalue weighted by Crippen LogP contribution is 2.24. The molecule has 0 fully saturated rings. The van der Waals surface area contributed by atoms with Crippen LogP contribution in [0.25, 0.3) is 22.3 Å². The van der Waals surface area contributed by atoms with E-state index in [9.17, 15) is 14.7 Å². The smallest absolute Gasteiger partial charge is 0.341 e. The molecule has 6 heteroatoms. The van der Waals surface area contributed by atoms with Crippen LogP contribution in [-0.4, -0.2) is 25.6 Å². The summed E-state index contributed by atoms with van der Waals surface area (Å²) in [4.78, 5) is 32.2. The number of aromatic carboxylic acids is 1. The predicted molar refractivity (Wildman–Crippen MR) is 102 cm³/mol. The van der Waals surface area contributed by atoms with Gasteiger partial charge in [0.2, 0.25) is 5.43 Å². The monoisotopic (exact) mass is 357 g/mol. The number of hydrogen-bond donors (Lipinski definition) is 1. The van der Waals surface area contributed by atoms with Crippen molar-refractivity contribution in [1.82, 2.24) is 14.5 Å². The van der Waals surface area contributed by atoms with Crippen LogP contribution in [0.2, 0.25) is 0 Å². The van der Waals surface area contributed by atoms with E-state index in [4.69, 9.17) is 0 Å². The molecule has 0 atom stereocenters. The third kappa shape index (κ3) is 3.08. The number of fused-ring (bicyclic) bond motifs is 1. The topological polar surface area (TPSA) is 85.1 Å². The van der Waals surface area contributed by atoms with Gasteiger partial charge >= 0.3 is 5.97 Å². The number of hydrogen-bond acceptors (Lipinski definition) is 4. The first kappa shape index (κ1) is 16.7. The molecule has 1 N–H and O–H groups in total. The highest BCUT2D eigenvalue weighted by molar-refractivity contribution is 5.90. The molecular weight excluding hydrogens is 342 g/mol. The second-order valence-electron chi connectivity index (χ2n) is 6.06. The zero-order valence-electron chi connectivity index (χ0n) is 14.2. The van der Waals surface area contributed by atoms with Crippen LogP contribution in [0.3, 0.4) is 0 Å². The largest absolute Gasteiger partial charge is 0.477 e. The van der Waals surface area contributed by atoms with Crippen molar-refractivity contribution in [2.75, 3.05) is 0 Å². The number of carboxylic acid groups (broad SMARTS) is 1. The Morgan fingerprint density at radius 1 is 0.963 bits per heavy atom. The van der Waals surface area contributed by atoms with Crippen LogP contribution < -0.4 is 5.43 Å². The molecule has 2 aromatic heterocycles. The molecule has 2 heterocycles. The van der Waals surface area contributed by atoms with E-state index in [1.807, 2.05) is 54.6 Å². The van der Waals surface area contributed by atoms with Gasteiger partial charge in [0.15, 0.2) is 11.2 Å². The summed E-state index contributed by atoms with van der Waals surface area (Å²) in [7, 11) is 0. The second-order valence-corrected chi connectivity index (χ2v) is 6.06. The Morgan fingerprint density at radius 2 is 1.67 bits per heavy atom. The molecule has 0 spiro atoms. The van der Waals surface area contributed by atoms with Gasteiger partial charge in [0.1, 0.15) is 5.56 Å². The first-order chi connectivity index (χ1) is 13.1. The third-order valence-corrected chi connectivity index (χ3v) is 4.37. The normalized spacial score (nSPS) is 10.8. The van der Waals surface area contributed by atoms with Gasteiger partial charge in [-0.15, -0.1) is 0 Å². The molecule has 4 aromatic rings. The highest BCUT2D eigenvalue weighted by atomic mass is 16.4. The van der Waals surface area contributed by atoms with Gasteiger partial charge in [0.05, 0.1) is 0 Å². The maximum absolute atomic E-state index is 12.4. The fraction of sp³-hybridized carbons (Fsp3) is 0.0476. The lowest BCUT2D eigenvalue weighted by Gasteiger charge is -2.14. The SMILES string of the molecule is O=C(O)c1cn(Cc2ccccc2-c2ccccc2)c2nccnc2c1=O. The summed E-state index contributed by atoms with van der Waals surface area (Å²) in [6.07, 6.45) is 4.21. The Bertz CT molecular complexity index is 1200. The van der Waals surface area contributed by atoms with Gasteiger partial charge in [-0.1, -0.05) is 54.6 Å². The summed E-state index contributed by atoms with van der Waals surface area (Å²) < 4.78 is 1.66. The van der Waals surface area contributed by atoms with Gasteiger partial charge in [0.25, 0.3) is 0 Å². The average molecular weight is 357 g/mol. The minimum atomic E-state index is -1.28. The van der Waals surface area contributed by atoms with Gasteiger partial charge in [-0.25, -0.2) is 14.8 Å². The number of nitrogens with zero attached hydrogens (tertiary/aromatic N) is 3. The van der Waals surface area contributed by atoms with Gasteiger partial charge in [-0.05, 0) is 16.7 Å². The molecule has 0 amide bonds. The lowest BCUT2D eigenvalue weighted by Crippen LogP contribution is -2.20. The van der Waals surface area contributed by atoms with Crippen LogP contribution in [0.5, 0.6) is 0 Å². The van der Waals surface area contributed by atoms with E-state index in [0.717, 1.165) is 16.7 Å². The van der Waals surface area contributed by atoms with E-state index < -0.39 is 11.4 Å². The first-order valence-electron chi connectivity index (χ1n) is 8.36. The average Bonchev–Trinajstić information content (AvgIpc) is 2.71. The lowest BCUT2D eigenvalue weighted by atomic mass is 9.99. The number of benzene rings is 2. The zero-order valence-corrected chi connectivity index (χ0v) is 14.2. The van der Waals surface area contributed by atoms with E-state index in [2.05, 4.69) is 9.97 Å². The van der Waals surface area contributed by atoms with Crippen molar-refractivity contribution in [1.29, 1.82) is 0 Å². The third-order valence-electron chi connectivity index (χ3n) is 4.37. The Balaban J connectivity index is 1.90. The maximum atomic E-state index is 12.4. The molecule has 0 aliphatic rings. The summed E-state index contributed by atoms with van der Waals surface area (Å²) in [6.45, 7) is 0.362. The quantitative estimate of drug-likeness (QED) is 0.606. The van der Waals surface area contributed by atoms with Crippen molar-refractivity contribution >= 4 is 17.1 Å². The second kappa shape index (κ2) is 6.84. The molecule has 0 radical (unpaired) electrons. The molecule has 0 saturated heterocycles. The van der Waals surface area contributed by atoms with Crippen LogP contribution in [0.15, 0.2) is 78.0 Å². The summed E-state index contributed by atoms with van der Waals surface area (Å²) >= 11 is 0. The Morgan fingerprint density at radius 3 is 2.44 bits per heavy atom. The van der Waals surface area contributed by atoms with E-state index >= 15 is 0 Å². The highest BCUT2D eigenvalue weighted by Gasteiger charge is 2.17. The molecule has 0 aliphatic carbocycles. The molecule has 27 heavy (non-hydrogen) atoms. The molecule has 0 bridgehead atoms. The first-order valence-corrected chi connectivity index (χ1v) is 8.36. The van der Waals surface area contributed by atoms with Gasteiger partial charge in [0, 0.05) is 25.1 Å². The van der Waals surface area contributed by atoms with Crippen molar-refractivity contribution < 1.29 is 9.90 Å². The van der Waals surface area contributed by atoms with Crippen molar-refractivity contribution in [3.63, 3.8) is 0 Å². The molecule has 2 aromatic carbocycles. The van der Waals surface area contributed by atoms with Crippen LogP contribution in [0, 0.1) is 0 Å². The van der Waals surface area contributed by atoms with E-state index in [-0.39, 0.29) is 11.1 Å². The maximum Gasteiger partial charge on any atom is 0.341 e. The van der Waals surface area contributed by atoms with Gasteiger partial charge < -0.3 is 9.67 Å². The van der Waals surface area contributed by atoms with Crippen LogP contribution in [0.4, 0.5) is 0 Å². The van der Waals surface area contributed by atoms with Crippen LogP contribution in [0.1, 0.15) is 15.9 Å². The predicted octanol–water partition coefficient (Wildman–Crippen LogP) is 3.21. The fourth-order valence-electron chi connectivity index (χ4n) is 3.12. The molecule has 0 saturated carbocycles. The summed E-state index contributed by atoms with van der Waals surface area (Å²) in [5.41, 5.74) is 2.53. The van der Waals surface area contributed by atoms with Crippen LogP contribution in [-0.2, 0) is 6.54 Å². The van der Waals surface area contributed by atoms with Crippen LogP contribution >= 0.6 is 0 Å². The molecule has 0 unspecified atom stereocenters. The van der Waals surface area contributed by atoms with E-state index in [0.29, 0.717) is 12.2 Å². The Labute approximate surface area is 154 Å². The number of carboxylic acids is 1. The lowest BCUT2D eigenvalue weighted by molar-refractivity contribution is 0.0695. The van der Waals surface area contributed by atoms with Gasteiger partial charge in [-0.3, -0.25) is 4.79 Å². The number of carbonyl (C=O) groups is 1. The number of rotatable bonds is 4. The number of aromatic nitrogens is 3. The summed E-state index contributed by atoms with van der Waals surface area (Å²) in [6, 6.07) is 17.8. The van der Waals surface area contributed by atoms with Gasteiger partial charge in [-0.2, -0.15) is 0 Å². The summed E-state index contributed by atoms with van der Waals surface area (Å²) in [5.74, 6) is -1.28. The molecule has 4 rings (SSSR count). The Kier molecular flexibility index (Phi) is 4.22. The molecule has 6 nitrogen and oxygen atoms in total. The zero-order chi connectivity index (χ0) is 18.8. The molecule has 132 valence electrons. The molecular formula is C21H15N3O3.